The summed E-state index contributed by atoms with van der Waals surface area (Å²) in [6, 6.07) is -1.06. The smallest absolute Gasteiger partial charge is 0.329 e. The van der Waals surface area contributed by atoms with Crippen LogP contribution in [-0.2, 0) is 23.9 Å². The molecule has 0 aromatic heterocycles. The molecule has 6 nitrogen and oxygen atoms in total. The number of esters is 2. The Hall–Kier alpha value is -1.85. The Morgan fingerprint density at radius 2 is 0.804 bits per heavy atom. The lowest BCUT2D eigenvalue weighted by atomic mass is 10.0. The Bertz CT molecular complexity index is 737. The molecule has 6 heteroatoms. The number of hydrogen-bond donors (Lipinski definition) is 1. The zero-order valence-electron chi connectivity index (χ0n) is 30.7. The highest BCUT2D eigenvalue weighted by Gasteiger charge is 2.26. The SMILES string of the molecule is C=C(C)C(=O)N[C@@H](CC(=O)OCCCCCCCCCCCCCCCC)C(=O)OCCCCCCCCCCCCCCCC. The number of ether oxygens (including phenoxy) is 2. The highest BCUT2D eigenvalue weighted by atomic mass is 16.5. The number of nitrogens with one attached hydrogen (secondary N) is 1. The van der Waals surface area contributed by atoms with Crippen molar-refractivity contribution in [3.8, 4) is 0 Å². The van der Waals surface area contributed by atoms with Gasteiger partial charge in [0.1, 0.15) is 6.04 Å². The van der Waals surface area contributed by atoms with Crippen molar-refractivity contribution in [2.45, 2.75) is 213 Å². The third-order valence-electron chi connectivity index (χ3n) is 8.85. The van der Waals surface area contributed by atoms with E-state index in [1.807, 2.05) is 0 Å². The van der Waals surface area contributed by atoms with Crippen LogP contribution in [0.25, 0.3) is 0 Å². The first-order valence-electron chi connectivity index (χ1n) is 19.7. The minimum atomic E-state index is -1.06. The van der Waals surface area contributed by atoms with Crippen LogP contribution in [0, 0.1) is 0 Å². The van der Waals surface area contributed by atoms with Crippen LogP contribution < -0.4 is 5.32 Å². The van der Waals surface area contributed by atoms with Gasteiger partial charge in [0, 0.05) is 5.57 Å². The third kappa shape index (κ3) is 30.8. The standard InChI is InChI=1S/C40H75NO5/c1-5-7-9-11-13-15-17-19-21-23-25-27-29-31-33-45-38(42)35-37(41-39(43)36(3)4)40(44)46-34-32-30-28-26-24-22-20-18-16-14-12-10-8-6-2/h37H,3,5-35H2,1-2,4H3,(H,41,43)/t37-/m0/s1. The molecule has 0 rings (SSSR count). The number of carbonyl (C=O) groups excluding carboxylic acids is 3. The molecule has 0 aliphatic heterocycles. The summed E-state index contributed by atoms with van der Waals surface area (Å²) < 4.78 is 10.8. The first-order valence-corrected chi connectivity index (χ1v) is 19.7. The van der Waals surface area contributed by atoms with Crippen molar-refractivity contribution in [1.29, 1.82) is 0 Å². The van der Waals surface area contributed by atoms with Crippen LogP contribution in [0.5, 0.6) is 0 Å². The van der Waals surface area contributed by atoms with Crippen molar-refractivity contribution in [2.24, 2.45) is 0 Å². The van der Waals surface area contributed by atoms with E-state index >= 15 is 0 Å². The van der Waals surface area contributed by atoms with Gasteiger partial charge in [0.15, 0.2) is 0 Å². The van der Waals surface area contributed by atoms with E-state index in [4.69, 9.17) is 9.47 Å². The molecular weight excluding hydrogens is 574 g/mol. The quantitative estimate of drug-likeness (QED) is 0.0420. The largest absolute Gasteiger partial charge is 0.466 e. The van der Waals surface area contributed by atoms with E-state index in [0.29, 0.717) is 13.2 Å². The van der Waals surface area contributed by atoms with Gasteiger partial charge in [-0.2, -0.15) is 0 Å². The summed E-state index contributed by atoms with van der Waals surface area (Å²) in [5, 5.41) is 2.59. The van der Waals surface area contributed by atoms with Crippen LogP contribution >= 0.6 is 0 Å². The fraction of sp³-hybridized carbons (Fsp3) is 0.875. The Kier molecular flexibility index (Phi) is 33.1. The lowest BCUT2D eigenvalue weighted by Gasteiger charge is -2.17. The maximum absolute atomic E-state index is 12.7. The summed E-state index contributed by atoms with van der Waals surface area (Å²) >= 11 is 0. The Morgan fingerprint density at radius 3 is 1.13 bits per heavy atom. The molecule has 0 unspecified atom stereocenters. The van der Waals surface area contributed by atoms with E-state index in [2.05, 4.69) is 25.7 Å². The molecule has 0 heterocycles. The summed E-state index contributed by atoms with van der Waals surface area (Å²) in [5.41, 5.74) is 0.278. The van der Waals surface area contributed by atoms with Crippen LogP contribution in [0.3, 0.4) is 0 Å². The van der Waals surface area contributed by atoms with Crippen molar-refractivity contribution in [3.05, 3.63) is 12.2 Å². The molecule has 0 fully saturated rings. The van der Waals surface area contributed by atoms with Crippen molar-refractivity contribution < 1.29 is 23.9 Å². The fourth-order valence-electron chi connectivity index (χ4n) is 5.75. The number of hydrogen-bond acceptors (Lipinski definition) is 5. The third-order valence-corrected chi connectivity index (χ3v) is 8.85. The normalized spacial score (nSPS) is 11.7. The maximum atomic E-state index is 12.7. The molecule has 0 saturated carbocycles. The predicted octanol–water partition coefficient (Wildman–Crippen LogP) is 11.5. The second kappa shape index (κ2) is 34.5. The first kappa shape index (κ1) is 44.1. The summed E-state index contributed by atoms with van der Waals surface area (Å²) in [4.78, 5) is 37.4. The Morgan fingerprint density at radius 1 is 0.500 bits per heavy atom. The molecule has 0 aliphatic carbocycles. The van der Waals surface area contributed by atoms with E-state index in [1.165, 1.54) is 141 Å². The second-order valence-electron chi connectivity index (χ2n) is 13.6. The van der Waals surface area contributed by atoms with Gasteiger partial charge in [0.2, 0.25) is 5.91 Å². The van der Waals surface area contributed by atoms with Crippen molar-refractivity contribution in [3.63, 3.8) is 0 Å². The Balaban J connectivity index is 3.94. The van der Waals surface area contributed by atoms with Gasteiger partial charge in [0.05, 0.1) is 19.6 Å². The van der Waals surface area contributed by atoms with E-state index < -0.39 is 23.9 Å². The van der Waals surface area contributed by atoms with Gasteiger partial charge in [-0.25, -0.2) is 4.79 Å². The van der Waals surface area contributed by atoms with Gasteiger partial charge in [-0.1, -0.05) is 187 Å². The van der Waals surface area contributed by atoms with Crippen LogP contribution in [0.1, 0.15) is 207 Å². The zero-order valence-corrected chi connectivity index (χ0v) is 30.7. The van der Waals surface area contributed by atoms with Gasteiger partial charge in [0.25, 0.3) is 0 Å². The summed E-state index contributed by atoms with van der Waals surface area (Å²) in [6.45, 7) is 10.4. The van der Waals surface area contributed by atoms with Gasteiger partial charge in [-0.15, -0.1) is 0 Å². The van der Waals surface area contributed by atoms with E-state index in [9.17, 15) is 14.4 Å². The van der Waals surface area contributed by atoms with Crippen LogP contribution in [-0.4, -0.2) is 37.1 Å². The highest BCUT2D eigenvalue weighted by molar-refractivity contribution is 5.96. The van der Waals surface area contributed by atoms with Crippen molar-refractivity contribution in [2.75, 3.05) is 13.2 Å². The summed E-state index contributed by atoms with van der Waals surface area (Å²) in [5.74, 6) is -1.54. The van der Waals surface area contributed by atoms with E-state index in [-0.39, 0.29) is 12.0 Å². The van der Waals surface area contributed by atoms with Gasteiger partial charge in [-0.3, -0.25) is 9.59 Å². The average molecular weight is 650 g/mol. The van der Waals surface area contributed by atoms with E-state index in [0.717, 1.165) is 38.5 Å². The Labute approximate surface area is 285 Å². The molecule has 0 bridgehead atoms. The molecule has 0 aromatic carbocycles. The number of unbranched alkanes of at least 4 members (excludes halogenated alkanes) is 26. The van der Waals surface area contributed by atoms with Crippen LogP contribution in [0.15, 0.2) is 12.2 Å². The molecule has 0 aliphatic rings. The molecule has 0 saturated heterocycles. The fourth-order valence-corrected chi connectivity index (χ4v) is 5.75. The van der Waals surface area contributed by atoms with Crippen molar-refractivity contribution >= 4 is 17.8 Å². The number of rotatable bonds is 35. The predicted molar refractivity (Wildman–Crippen MR) is 194 cm³/mol. The molecule has 1 atom stereocenters. The molecule has 46 heavy (non-hydrogen) atoms. The molecule has 0 aromatic rings. The molecule has 1 N–H and O–H groups in total. The highest BCUT2D eigenvalue weighted by Crippen LogP contribution is 2.15. The monoisotopic (exact) mass is 650 g/mol. The minimum absolute atomic E-state index is 0.227. The molecule has 1 amide bonds. The molecule has 270 valence electrons. The second-order valence-corrected chi connectivity index (χ2v) is 13.6. The van der Waals surface area contributed by atoms with Crippen molar-refractivity contribution in [1.82, 2.24) is 5.32 Å². The van der Waals surface area contributed by atoms with E-state index in [1.54, 1.807) is 6.92 Å². The van der Waals surface area contributed by atoms with Gasteiger partial charge < -0.3 is 14.8 Å². The van der Waals surface area contributed by atoms with Gasteiger partial charge >= 0.3 is 11.9 Å². The molecule has 0 spiro atoms. The number of amides is 1. The van der Waals surface area contributed by atoms with Crippen LogP contribution in [0.2, 0.25) is 0 Å². The average Bonchev–Trinajstić information content (AvgIpc) is 3.04. The van der Waals surface area contributed by atoms with Gasteiger partial charge in [-0.05, 0) is 19.8 Å². The lowest BCUT2D eigenvalue weighted by molar-refractivity contribution is -0.153. The number of carbonyl (C=O) groups is 3. The first-order chi connectivity index (χ1) is 22.4. The summed E-state index contributed by atoms with van der Waals surface area (Å²) in [6.07, 6.45) is 35.2. The zero-order chi connectivity index (χ0) is 33.9. The minimum Gasteiger partial charge on any atom is -0.466 e. The lowest BCUT2D eigenvalue weighted by Crippen LogP contribution is -2.43. The maximum Gasteiger partial charge on any atom is 0.329 e. The summed E-state index contributed by atoms with van der Waals surface area (Å²) in [7, 11) is 0. The molecular formula is C40H75NO5. The van der Waals surface area contributed by atoms with Crippen LogP contribution in [0.4, 0.5) is 0 Å². The molecule has 0 radical (unpaired) electrons. The topological polar surface area (TPSA) is 81.7 Å².